The number of rotatable bonds is 4. The van der Waals surface area contributed by atoms with Gasteiger partial charge in [-0.3, -0.25) is 4.21 Å². The van der Waals surface area contributed by atoms with Crippen LogP contribution < -0.4 is 15.2 Å². The molecule has 1 aliphatic heterocycles. The maximum absolute atomic E-state index is 12.5. The fourth-order valence-electron chi connectivity index (χ4n) is 3.09. The van der Waals surface area contributed by atoms with Gasteiger partial charge in [-0.1, -0.05) is 6.42 Å². The number of fused-ring (bicyclic) bond motifs is 1. The van der Waals surface area contributed by atoms with Gasteiger partial charge in [0.15, 0.2) is 11.5 Å². The lowest BCUT2D eigenvalue weighted by Gasteiger charge is -2.15. The standard InChI is InChI=1S/C16H23NO3S/c17-14-4-1-3-12(14)7-10-21(18)13-5-6-15-16(11-13)20-9-2-8-19-15/h5-6,11-12,14H,1-4,7-10,17H2. The first kappa shape index (κ1) is 14.9. The molecule has 4 nitrogen and oxygen atoms in total. The van der Waals surface area contributed by atoms with Crippen LogP contribution in [0, 0.1) is 5.92 Å². The zero-order chi connectivity index (χ0) is 14.7. The van der Waals surface area contributed by atoms with E-state index in [1.807, 2.05) is 18.2 Å². The topological polar surface area (TPSA) is 61.6 Å². The molecular formula is C16H23NO3S. The van der Waals surface area contributed by atoms with Crippen LogP contribution in [0.2, 0.25) is 0 Å². The van der Waals surface area contributed by atoms with E-state index in [0.29, 0.717) is 30.9 Å². The van der Waals surface area contributed by atoms with Gasteiger partial charge in [-0.2, -0.15) is 0 Å². The van der Waals surface area contributed by atoms with E-state index in [-0.39, 0.29) is 0 Å². The van der Waals surface area contributed by atoms with Crippen LogP contribution in [-0.4, -0.2) is 29.2 Å². The molecule has 21 heavy (non-hydrogen) atoms. The third-order valence-electron chi connectivity index (χ3n) is 4.37. The summed E-state index contributed by atoms with van der Waals surface area (Å²) in [6.07, 6.45) is 5.33. The van der Waals surface area contributed by atoms with Crippen molar-refractivity contribution in [1.82, 2.24) is 0 Å². The SMILES string of the molecule is NC1CCCC1CCS(=O)c1ccc2c(c1)OCCCO2. The Hall–Kier alpha value is -1.07. The second-order valence-corrected chi connectivity index (χ2v) is 7.42. The van der Waals surface area contributed by atoms with Gasteiger partial charge in [0, 0.05) is 29.2 Å². The number of ether oxygens (including phenoxy) is 2. The molecule has 3 rings (SSSR count). The van der Waals surface area contributed by atoms with Crippen LogP contribution >= 0.6 is 0 Å². The summed E-state index contributed by atoms with van der Waals surface area (Å²) >= 11 is 0. The zero-order valence-electron chi connectivity index (χ0n) is 12.3. The molecule has 1 fully saturated rings. The highest BCUT2D eigenvalue weighted by molar-refractivity contribution is 7.85. The highest BCUT2D eigenvalue weighted by Gasteiger charge is 2.24. The van der Waals surface area contributed by atoms with Gasteiger partial charge in [0.1, 0.15) is 0 Å². The molecule has 116 valence electrons. The predicted molar refractivity (Wildman–Crippen MR) is 83.3 cm³/mol. The number of hydrogen-bond donors (Lipinski definition) is 1. The first-order chi connectivity index (χ1) is 10.2. The van der Waals surface area contributed by atoms with Gasteiger partial charge in [0.2, 0.25) is 0 Å². The molecule has 0 aromatic heterocycles. The van der Waals surface area contributed by atoms with Crippen molar-refractivity contribution in [3.63, 3.8) is 0 Å². The Kier molecular flexibility index (Phi) is 4.80. The monoisotopic (exact) mass is 309 g/mol. The van der Waals surface area contributed by atoms with Gasteiger partial charge >= 0.3 is 0 Å². The van der Waals surface area contributed by atoms with Crippen LogP contribution in [0.1, 0.15) is 32.1 Å². The molecule has 1 aromatic rings. The van der Waals surface area contributed by atoms with Crippen LogP contribution in [0.4, 0.5) is 0 Å². The minimum absolute atomic E-state index is 0.297. The maximum Gasteiger partial charge on any atom is 0.162 e. The summed E-state index contributed by atoms with van der Waals surface area (Å²) in [5.41, 5.74) is 6.08. The van der Waals surface area contributed by atoms with Gasteiger partial charge < -0.3 is 15.2 Å². The predicted octanol–water partition coefficient (Wildman–Crippen LogP) is 2.47. The van der Waals surface area contributed by atoms with E-state index < -0.39 is 10.8 Å². The smallest absolute Gasteiger partial charge is 0.162 e. The van der Waals surface area contributed by atoms with E-state index in [1.165, 1.54) is 12.8 Å². The van der Waals surface area contributed by atoms with Crippen molar-refractivity contribution in [3.05, 3.63) is 18.2 Å². The molecule has 0 radical (unpaired) electrons. The van der Waals surface area contributed by atoms with Crippen LogP contribution in [0.3, 0.4) is 0 Å². The highest BCUT2D eigenvalue weighted by Crippen LogP contribution is 2.32. The Morgan fingerprint density at radius 2 is 1.95 bits per heavy atom. The van der Waals surface area contributed by atoms with Crippen molar-refractivity contribution in [1.29, 1.82) is 0 Å². The summed E-state index contributed by atoms with van der Waals surface area (Å²) in [4.78, 5) is 0.825. The van der Waals surface area contributed by atoms with Crippen molar-refractivity contribution in [2.75, 3.05) is 19.0 Å². The average Bonchev–Trinajstić information content (AvgIpc) is 2.76. The van der Waals surface area contributed by atoms with Crippen LogP contribution in [0.25, 0.3) is 0 Å². The van der Waals surface area contributed by atoms with Crippen molar-refractivity contribution < 1.29 is 13.7 Å². The fraction of sp³-hybridized carbons (Fsp3) is 0.625. The molecule has 2 N–H and O–H groups in total. The van der Waals surface area contributed by atoms with Crippen molar-refractivity contribution in [2.24, 2.45) is 11.7 Å². The minimum Gasteiger partial charge on any atom is -0.490 e. The molecule has 0 saturated heterocycles. The Labute approximate surface area is 128 Å². The molecule has 0 bridgehead atoms. The van der Waals surface area contributed by atoms with Gasteiger partial charge in [0.25, 0.3) is 0 Å². The Morgan fingerprint density at radius 3 is 2.71 bits per heavy atom. The van der Waals surface area contributed by atoms with Crippen LogP contribution in [-0.2, 0) is 10.8 Å². The Bertz CT molecular complexity index is 520. The molecule has 1 aliphatic carbocycles. The summed E-state index contributed by atoms with van der Waals surface area (Å²) in [6, 6.07) is 5.92. The first-order valence-electron chi connectivity index (χ1n) is 7.77. The van der Waals surface area contributed by atoms with E-state index in [1.54, 1.807) is 0 Å². The average molecular weight is 309 g/mol. The summed E-state index contributed by atoms with van der Waals surface area (Å²) in [6.45, 7) is 1.33. The summed E-state index contributed by atoms with van der Waals surface area (Å²) in [5.74, 6) is 2.69. The molecule has 0 amide bonds. The van der Waals surface area contributed by atoms with Crippen molar-refractivity contribution in [3.8, 4) is 11.5 Å². The van der Waals surface area contributed by atoms with E-state index in [4.69, 9.17) is 15.2 Å². The lowest BCUT2D eigenvalue weighted by atomic mass is 10.0. The third kappa shape index (κ3) is 3.58. The molecule has 5 heteroatoms. The molecule has 0 spiro atoms. The summed E-state index contributed by atoms with van der Waals surface area (Å²) in [7, 11) is -0.989. The molecule has 3 unspecified atom stereocenters. The molecule has 2 aliphatic rings. The Morgan fingerprint density at radius 1 is 1.14 bits per heavy atom. The van der Waals surface area contributed by atoms with E-state index in [9.17, 15) is 4.21 Å². The van der Waals surface area contributed by atoms with Gasteiger partial charge in [-0.25, -0.2) is 0 Å². The minimum atomic E-state index is -0.989. The highest BCUT2D eigenvalue weighted by atomic mass is 32.2. The first-order valence-corrected chi connectivity index (χ1v) is 9.09. The number of nitrogens with two attached hydrogens (primary N) is 1. The molecule has 1 saturated carbocycles. The molecule has 1 aromatic carbocycles. The zero-order valence-corrected chi connectivity index (χ0v) is 13.1. The molecular weight excluding hydrogens is 286 g/mol. The van der Waals surface area contributed by atoms with E-state index in [2.05, 4.69) is 0 Å². The van der Waals surface area contributed by atoms with E-state index >= 15 is 0 Å². The fourth-order valence-corrected chi connectivity index (χ4v) is 4.30. The van der Waals surface area contributed by atoms with Crippen molar-refractivity contribution >= 4 is 10.8 Å². The lowest BCUT2D eigenvalue weighted by molar-refractivity contribution is 0.297. The van der Waals surface area contributed by atoms with Gasteiger partial charge in [0.05, 0.1) is 24.0 Å². The summed E-state index contributed by atoms with van der Waals surface area (Å²) in [5, 5.41) is 0. The van der Waals surface area contributed by atoms with E-state index in [0.717, 1.165) is 35.7 Å². The van der Waals surface area contributed by atoms with Gasteiger partial charge in [-0.15, -0.1) is 0 Å². The van der Waals surface area contributed by atoms with Crippen LogP contribution in [0.5, 0.6) is 11.5 Å². The maximum atomic E-state index is 12.5. The molecule has 3 atom stereocenters. The number of benzene rings is 1. The number of hydrogen-bond acceptors (Lipinski definition) is 4. The normalized spacial score (nSPS) is 26.3. The lowest BCUT2D eigenvalue weighted by Crippen LogP contribution is -2.25. The van der Waals surface area contributed by atoms with Crippen molar-refractivity contribution in [2.45, 2.75) is 43.0 Å². The quantitative estimate of drug-likeness (QED) is 0.928. The second kappa shape index (κ2) is 6.79. The molecule has 1 heterocycles. The Balaban J connectivity index is 1.63. The van der Waals surface area contributed by atoms with Gasteiger partial charge in [-0.05, 0) is 37.3 Å². The van der Waals surface area contributed by atoms with Crippen LogP contribution in [0.15, 0.2) is 23.1 Å². The summed E-state index contributed by atoms with van der Waals surface area (Å²) < 4.78 is 23.7. The third-order valence-corrected chi connectivity index (χ3v) is 5.76. The largest absolute Gasteiger partial charge is 0.490 e. The second-order valence-electron chi connectivity index (χ2n) is 5.85.